The van der Waals surface area contributed by atoms with Gasteiger partial charge in [-0.1, -0.05) is 82.1 Å². The quantitative estimate of drug-likeness (QED) is 0.340. The number of nitrogens with one attached hydrogen (secondary N) is 1. The molecule has 2 aromatic heterocycles. The van der Waals surface area contributed by atoms with Crippen molar-refractivity contribution in [1.29, 1.82) is 0 Å². The Labute approximate surface area is 189 Å². The summed E-state index contributed by atoms with van der Waals surface area (Å²) in [6, 6.07) is 16.8. The van der Waals surface area contributed by atoms with Crippen LogP contribution >= 0.6 is 0 Å². The Morgan fingerprint density at radius 3 is 2.44 bits per heavy atom. The van der Waals surface area contributed by atoms with Crippen LogP contribution in [0.2, 0.25) is 0 Å². The fraction of sp³-hybridized carbons (Fsp3) is 0.400. The lowest BCUT2D eigenvalue weighted by Crippen LogP contribution is -2.09. The molecule has 0 saturated carbocycles. The molecule has 0 aliphatic heterocycles. The maximum Gasteiger partial charge on any atom is 0.205 e. The van der Waals surface area contributed by atoms with E-state index in [1.165, 1.54) is 18.4 Å². The lowest BCUT2D eigenvalue weighted by Gasteiger charge is -2.11. The maximum absolute atomic E-state index is 4.88. The molecule has 2 heterocycles. The molecule has 0 spiro atoms. The molecule has 4 aromatic rings. The molecule has 0 radical (unpaired) electrons. The van der Waals surface area contributed by atoms with Crippen molar-refractivity contribution in [3.05, 3.63) is 65.7 Å². The van der Waals surface area contributed by atoms with Crippen molar-refractivity contribution in [2.45, 2.75) is 65.3 Å². The molecule has 4 rings (SSSR count). The van der Waals surface area contributed by atoms with E-state index in [-0.39, 0.29) is 0 Å². The Morgan fingerprint density at radius 2 is 1.75 bits per heavy atom. The van der Waals surface area contributed by atoms with Crippen LogP contribution in [0.3, 0.4) is 0 Å². The monoisotopic (exact) mass is 429 g/mol. The van der Waals surface area contributed by atoms with E-state index in [0.29, 0.717) is 11.7 Å². The van der Waals surface area contributed by atoms with Gasteiger partial charge in [0.15, 0.2) is 5.82 Å². The van der Waals surface area contributed by atoms with E-state index in [0.717, 1.165) is 54.1 Å². The van der Waals surface area contributed by atoms with E-state index < -0.39 is 0 Å². The van der Waals surface area contributed by atoms with Gasteiger partial charge in [0.2, 0.25) is 5.82 Å². The Hall–Kier alpha value is -3.35. The van der Waals surface area contributed by atoms with Crippen LogP contribution in [0.5, 0.6) is 0 Å². The highest BCUT2D eigenvalue weighted by atomic mass is 15.5. The summed E-state index contributed by atoms with van der Waals surface area (Å²) in [4.78, 5) is 4.88. The van der Waals surface area contributed by atoms with Gasteiger partial charge in [-0.2, -0.15) is 10.3 Å². The molecule has 0 amide bonds. The van der Waals surface area contributed by atoms with Gasteiger partial charge < -0.3 is 0 Å². The summed E-state index contributed by atoms with van der Waals surface area (Å²) in [7, 11) is 0. The fourth-order valence-electron chi connectivity index (χ4n) is 3.87. The van der Waals surface area contributed by atoms with E-state index in [1.54, 1.807) is 0 Å². The van der Waals surface area contributed by atoms with Crippen LogP contribution in [0.1, 0.15) is 69.6 Å². The van der Waals surface area contributed by atoms with E-state index in [4.69, 9.17) is 10.1 Å². The molecular formula is C25H31N7. The summed E-state index contributed by atoms with van der Waals surface area (Å²) in [6.45, 7) is 7.39. The van der Waals surface area contributed by atoms with Crippen molar-refractivity contribution in [3.63, 3.8) is 0 Å². The number of tetrazole rings is 1. The Balaban J connectivity index is 1.56. The van der Waals surface area contributed by atoms with Crippen LogP contribution < -0.4 is 0 Å². The first-order valence-electron chi connectivity index (χ1n) is 11.5. The van der Waals surface area contributed by atoms with E-state index >= 15 is 0 Å². The van der Waals surface area contributed by atoms with Crippen molar-refractivity contribution in [1.82, 2.24) is 35.4 Å². The number of aryl methyl sites for hydroxylation is 1. The van der Waals surface area contributed by atoms with Crippen molar-refractivity contribution in [3.8, 4) is 22.5 Å². The fourth-order valence-corrected chi connectivity index (χ4v) is 3.87. The second kappa shape index (κ2) is 10.3. The SMILES string of the molecule is CCCCCc1nc(C(C)CC)n(Cc2ccc(-c3ccccc3-c3nn[nH]n3)cc2)n1. The average Bonchev–Trinajstić information content (AvgIpc) is 3.50. The van der Waals surface area contributed by atoms with Crippen molar-refractivity contribution in [2.24, 2.45) is 0 Å². The average molecular weight is 430 g/mol. The summed E-state index contributed by atoms with van der Waals surface area (Å²) < 4.78 is 2.09. The summed E-state index contributed by atoms with van der Waals surface area (Å²) in [5.74, 6) is 3.05. The Kier molecular flexibility index (Phi) is 7.04. The number of aromatic nitrogens is 7. The zero-order chi connectivity index (χ0) is 22.3. The topological polar surface area (TPSA) is 85.2 Å². The number of nitrogens with zero attached hydrogens (tertiary/aromatic N) is 6. The third-order valence-corrected chi connectivity index (χ3v) is 5.91. The molecule has 1 N–H and O–H groups in total. The zero-order valence-corrected chi connectivity index (χ0v) is 19.1. The molecule has 32 heavy (non-hydrogen) atoms. The largest absolute Gasteiger partial charge is 0.245 e. The molecule has 0 bridgehead atoms. The third-order valence-electron chi connectivity index (χ3n) is 5.91. The van der Waals surface area contributed by atoms with Crippen LogP contribution in [0.15, 0.2) is 48.5 Å². The van der Waals surface area contributed by atoms with Crippen LogP contribution in [0.4, 0.5) is 0 Å². The molecule has 1 unspecified atom stereocenters. The molecule has 0 saturated heterocycles. The zero-order valence-electron chi connectivity index (χ0n) is 19.1. The second-order valence-corrected chi connectivity index (χ2v) is 8.29. The molecule has 2 aromatic carbocycles. The van der Waals surface area contributed by atoms with Gasteiger partial charge in [-0.15, -0.1) is 10.2 Å². The molecule has 7 heteroatoms. The van der Waals surface area contributed by atoms with Gasteiger partial charge in [-0.25, -0.2) is 9.67 Å². The van der Waals surface area contributed by atoms with Crippen molar-refractivity contribution < 1.29 is 0 Å². The van der Waals surface area contributed by atoms with Crippen LogP contribution in [-0.2, 0) is 13.0 Å². The highest BCUT2D eigenvalue weighted by molar-refractivity contribution is 5.80. The van der Waals surface area contributed by atoms with Gasteiger partial charge in [0.25, 0.3) is 0 Å². The van der Waals surface area contributed by atoms with Gasteiger partial charge in [-0.3, -0.25) is 0 Å². The van der Waals surface area contributed by atoms with Gasteiger partial charge in [0.05, 0.1) is 6.54 Å². The van der Waals surface area contributed by atoms with Crippen molar-refractivity contribution in [2.75, 3.05) is 0 Å². The van der Waals surface area contributed by atoms with Crippen LogP contribution in [-0.4, -0.2) is 35.4 Å². The maximum atomic E-state index is 4.88. The van der Waals surface area contributed by atoms with Gasteiger partial charge in [0, 0.05) is 17.9 Å². The number of aromatic amines is 1. The number of unbranched alkanes of at least 4 members (excludes halogenated alkanes) is 2. The summed E-state index contributed by atoms with van der Waals surface area (Å²) >= 11 is 0. The van der Waals surface area contributed by atoms with Crippen LogP contribution in [0, 0.1) is 0 Å². The summed E-state index contributed by atoms with van der Waals surface area (Å²) in [5, 5.41) is 19.4. The molecule has 0 aliphatic rings. The van der Waals surface area contributed by atoms with E-state index in [1.807, 2.05) is 18.2 Å². The number of rotatable bonds is 10. The minimum Gasteiger partial charge on any atom is -0.245 e. The second-order valence-electron chi connectivity index (χ2n) is 8.29. The first kappa shape index (κ1) is 21.9. The van der Waals surface area contributed by atoms with Gasteiger partial charge in [-0.05, 0) is 34.7 Å². The standard InChI is InChI=1S/C25H31N7/c1-4-6-7-12-23-26-25(18(3)5-2)32(29-23)17-19-13-15-20(16-14-19)21-10-8-9-11-22(21)24-27-30-31-28-24/h8-11,13-16,18H,4-7,12,17H2,1-3H3,(H,27,28,30,31). The smallest absolute Gasteiger partial charge is 0.205 e. The highest BCUT2D eigenvalue weighted by Gasteiger charge is 2.16. The minimum absolute atomic E-state index is 0.392. The number of H-pyrrole nitrogens is 1. The number of benzene rings is 2. The Morgan fingerprint density at radius 1 is 0.969 bits per heavy atom. The van der Waals surface area contributed by atoms with E-state index in [9.17, 15) is 0 Å². The lowest BCUT2D eigenvalue weighted by molar-refractivity contribution is 0.574. The van der Waals surface area contributed by atoms with Gasteiger partial charge in [0.1, 0.15) is 5.82 Å². The number of hydrogen-bond donors (Lipinski definition) is 1. The van der Waals surface area contributed by atoms with E-state index in [2.05, 4.69) is 76.4 Å². The lowest BCUT2D eigenvalue weighted by atomic mass is 9.98. The first-order chi connectivity index (χ1) is 15.7. The molecule has 0 fully saturated rings. The first-order valence-corrected chi connectivity index (χ1v) is 11.5. The molecule has 0 aliphatic carbocycles. The van der Waals surface area contributed by atoms with Gasteiger partial charge >= 0.3 is 0 Å². The van der Waals surface area contributed by atoms with Crippen LogP contribution in [0.25, 0.3) is 22.5 Å². The van der Waals surface area contributed by atoms with Crippen molar-refractivity contribution >= 4 is 0 Å². The minimum atomic E-state index is 0.392. The normalized spacial score (nSPS) is 12.2. The summed E-state index contributed by atoms with van der Waals surface area (Å²) in [5.41, 5.74) is 4.37. The summed E-state index contributed by atoms with van der Waals surface area (Å²) in [6.07, 6.45) is 5.59. The highest BCUT2D eigenvalue weighted by Crippen LogP contribution is 2.30. The number of hydrogen-bond acceptors (Lipinski definition) is 5. The molecular weight excluding hydrogens is 398 g/mol. The predicted octanol–water partition coefficient (Wildman–Crippen LogP) is 5.42. The predicted molar refractivity (Wildman–Crippen MR) is 126 cm³/mol. The third kappa shape index (κ3) is 4.93. The molecule has 1 atom stereocenters. The molecule has 7 nitrogen and oxygen atoms in total. The molecule has 166 valence electrons. The Bertz CT molecular complexity index is 1110.